The van der Waals surface area contributed by atoms with E-state index in [9.17, 15) is 4.79 Å². The number of carbonyl (C=O) groups is 1. The number of benzene rings is 1. The van der Waals surface area contributed by atoms with E-state index in [1.807, 2.05) is 26.8 Å². The molecule has 0 bridgehead atoms. The van der Waals surface area contributed by atoms with Crippen LogP contribution in [0.1, 0.15) is 39.7 Å². The van der Waals surface area contributed by atoms with Gasteiger partial charge < -0.3 is 4.90 Å². The molecule has 0 aromatic heterocycles. The Bertz CT molecular complexity index is 432. The molecule has 1 aliphatic heterocycles. The second kappa shape index (κ2) is 5.36. The van der Waals surface area contributed by atoms with Gasteiger partial charge in [0.05, 0.1) is 0 Å². The predicted molar refractivity (Wildman–Crippen MR) is 78.9 cm³/mol. The summed E-state index contributed by atoms with van der Waals surface area (Å²) in [6.07, 6.45) is 2.10. The molecule has 2 rings (SSSR count). The molecule has 104 valence electrons. The molecule has 1 aliphatic rings. The molecule has 1 amide bonds. The molecule has 2 nitrogen and oxygen atoms in total. The summed E-state index contributed by atoms with van der Waals surface area (Å²) in [6, 6.07) is 10.9. The summed E-state index contributed by atoms with van der Waals surface area (Å²) in [4.78, 5) is 14.6. The molecule has 0 unspecified atom stereocenters. The van der Waals surface area contributed by atoms with Crippen LogP contribution in [0.3, 0.4) is 0 Å². The Morgan fingerprint density at radius 2 is 1.89 bits per heavy atom. The third-order valence-corrected chi connectivity index (χ3v) is 3.84. The van der Waals surface area contributed by atoms with Crippen LogP contribution in [0.25, 0.3) is 0 Å². The number of nitrogens with zero attached hydrogens (tertiary/aromatic N) is 1. The van der Waals surface area contributed by atoms with Gasteiger partial charge in [0.2, 0.25) is 5.91 Å². The lowest BCUT2D eigenvalue weighted by atomic mass is 9.93. The Morgan fingerprint density at radius 1 is 1.26 bits per heavy atom. The second-order valence-electron chi connectivity index (χ2n) is 6.89. The molecule has 0 saturated carbocycles. The van der Waals surface area contributed by atoms with Gasteiger partial charge in [0.1, 0.15) is 0 Å². The first-order chi connectivity index (χ1) is 8.88. The molecule has 19 heavy (non-hydrogen) atoms. The van der Waals surface area contributed by atoms with Gasteiger partial charge in [0, 0.05) is 18.0 Å². The van der Waals surface area contributed by atoms with Gasteiger partial charge in [-0.1, -0.05) is 58.0 Å². The van der Waals surface area contributed by atoms with Gasteiger partial charge in [-0.3, -0.25) is 4.79 Å². The normalized spacial score (nSPS) is 23.7. The predicted octanol–water partition coefficient (Wildman–Crippen LogP) is 3.51. The van der Waals surface area contributed by atoms with Crippen molar-refractivity contribution in [2.75, 3.05) is 6.54 Å². The third kappa shape index (κ3) is 3.37. The highest BCUT2D eigenvalue weighted by Gasteiger charge is 2.37. The van der Waals surface area contributed by atoms with Gasteiger partial charge in [-0.25, -0.2) is 0 Å². The van der Waals surface area contributed by atoms with Crippen molar-refractivity contribution in [3.63, 3.8) is 0 Å². The first kappa shape index (κ1) is 14.1. The molecular weight excluding hydrogens is 234 g/mol. The summed E-state index contributed by atoms with van der Waals surface area (Å²) < 4.78 is 0. The highest BCUT2D eigenvalue weighted by molar-refractivity contribution is 5.82. The minimum Gasteiger partial charge on any atom is -0.339 e. The Kier molecular flexibility index (Phi) is 3.98. The zero-order valence-electron chi connectivity index (χ0n) is 12.5. The van der Waals surface area contributed by atoms with Crippen molar-refractivity contribution in [3.8, 4) is 0 Å². The lowest BCUT2D eigenvalue weighted by Crippen LogP contribution is -2.43. The first-order valence-corrected chi connectivity index (χ1v) is 7.23. The summed E-state index contributed by atoms with van der Waals surface area (Å²) in [6.45, 7) is 9.19. The quantitative estimate of drug-likeness (QED) is 0.796. The number of amides is 1. The van der Waals surface area contributed by atoms with Crippen molar-refractivity contribution in [1.82, 2.24) is 4.90 Å². The molecular formula is C17H25NO. The highest BCUT2D eigenvalue weighted by atomic mass is 16.2. The first-order valence-electron chi connectivity index (χ1n) is 7.23. The van der Waals surface area contributed by atoms with Crippen LogP contribution in [-0.2, 0) is 11.2 Å². The van der Waals surface area contributed by atoms with E-state index in [1.54, 1.807) is 0 Å². The molecule has 0 aliphatic carbocycles. The van der Waals surface area contributed by atoms with Gasteiger partial charge in [0.15, 0.2) is 0 Å². The fourth-order valence-corrected chi connectivity index (χ4v) is 2.91. The summed E-state index contributed by atoms with van der Waals surface area (Å²) >= 11 is 0. The van der Waals surface area contributed by atoms with E-state index in [0.29, 0.717) is 12.0 Å². The van der Waals surface area contributed by atoms with Crippen LogP contribution in [0.2, 0.25) is 0 Å². The maximum Gasteiger partial charge on any atom is 0.228 e. The van der Waals surface area contributed by atoms with Crippen LogP contribution in [-0.4, -0.2) is 23.4 Å². The maximum absolute atomic E-state index is 12.5. The van der Waals surface area contributed by atoms with E-state index in [-0.39, 0.29) is 11.3 Å². The molecule has 2 atom stereocenters. The number of hydrogen-bond donors (Lipinski definition) is 0. The Labute approximate surface area is 116 Å². The van der Waals surface area contributed by atoms with E-state index in [1.165, 1.54) is 5.56 Å². The monoisotopic (exact) mass is 259 g/mol. The molecule has 1 aromatic carbocycles. The van der Waals surface area contributed by atoms with Gasteiger partial charge in [-0.05, 0) is 24.3 Å². The minimum atomic E-state index is -0.279. The molecule has 1 aromatic rings. The van der Waals surface area contributed by atoms with Gasteiger partial charge in [-0.15, -0.1) is 0 Å². The number of likely N-dealkylation sites (tertiary alicyclic amines) is 1. The van der Waals surface area contributed by atoms with Crippen LogP contribution in [0.15, 0.2) is 30.3 Å². The molecule has 1 heterocycles. The van der Waals surface area contributed by atoms with Crippen molar-refractivity contribution in [1.29, 1.82) is 0 Å². The van der Waals surface area contributed by atoms with E-state index in [4.69, 9.17) is 0 Å². The SMILES string of the molecule is C[C@@H]1C[C@H](Cc2ccccc2)N(C(=O)C(C)(C)C)C1. The fourth-order valence-electron chi connectivity index (χ4n) is 2.91. The maximum atomic E-state index is 12.5. The van der Waals surface area contributed by atoms with Crippen LogP contribution < -0.4 is 0 Å². The zero-order valence-corrected chi connectivity index (χ0v) is 12.5. The highest BCUT2D eigenvalue weighted by Crippen LogP contribution is 2.30. The second-order valence-corrected chi connectivity index (χ2v) is 6.89. The molecule has 0 radical (unpaired) electrons. The average molecular weight is 259 g/mol. The summed E-state index contributed by atoms with van der Waals surface area (Å²) in [5, 5.41) is 0. The summed E-state index contributed by atoms with van der Waals surface area (Å²) in [7, 11) is 0. The van der Waals surface area contributed by atoms with Crippen molar-refractivity contribution in [2.24, 2.45) is 11.3 Å². The van der Waals surface area contributed by atoms with Crippen molar-refractivity contribution < 1.29 is 4.79 Å². The number of rotatable bonds is 2. The largest absolute Gasteiger partial charge is 0.339 e. The number of carbonyl (C=O) groups excluding carboxylic acids is 1. The zero-order chi connectivity index (χ0) is 14.0. The third-order valence-electron chi connectivity index (χ3n) is 3.84. The van der Waals surface area contributed by atoms with Crippen LogP contribution in [0.5, 0.6) is 0 Å². The van der Waals surface area contributed by atoms with Crippen molar-refractivity contribution >= 4 is 5.91 Å². The van der Waals surface area contributed by atoms with Gasteiger partial charge in [0.25, 0.3) is 0 Å². The van der Waals surface area contributed by atoms with E-state index >= 15 is 0 Å². The molecule has 0 spiro atoms. The van der Waals surface area contributed by atoms with Crippen LogP contribution >= 0.6 is 0 Å². The standard InChI is InChI=1S/C17H25NO/c1-13-10-15(11-14-8-6-5-7-9-14)18(12-13)16(19)17(2,3)4/h5-9,13,15H,10-12H2,1-4H3/t13-,15-/m1/s1. The molecule has 0 N–H and O–H groups in total. The Hall–Kier alpha value is -1.31. The van der Waals surface area contributed by atoms with Gasteiger partial charge >= 0.3 is 0 Å². The topological polar surface area (TPSA) is 20.3 Å². The van der Waals surface area contributed by atoms with E-state index in [2.05, 4.69) is 36.1 Å². The summed E-state index contributed by atoms with van der Waals surface area (Å²) in [5.74, 6) is 0.901. The van der Waals surface area contributed by atoms with Gasteiger partial charge in [-0.2, -0.15) is 0 Å². The molecule has 1 saturated heterocycles. The number of hydrogen-bond acceptors (Lipinski definition) is 1. The van der Waals surface area contributed by atoms with E-state index in [0.717, 1.165) is 19.4 Å². The van der Waals surface area contributed by atoms with Crippen molar-refractivity contribution in [3.05, 3.63) is 35.9 Å². The van der Waals surface area contributed by atoms with Crippen LogP contribution in [0.4, 0.5) is 0 Å². The lowest BCUT2D eigenvalue weighted by Gasteiger charge is -2.31. The van der Waals surface area contributed by atoms with Crippen molar-refractivity contribution in [2.45, 2.75) is 46.6 Å². The molecule has 2 heteroatoms. The average Bonchev–Trinajstić information content (AvgIpc) is 2.69. The summed E-state index contributed by atoms with van der Waals surface area (Å²) in [5.41, 5.74) is 1.05. The van der Waals surface area contributed by atoms with E-state index < -0.39 is 0 Å². The lowest BCUT2D eigenvalue weighted by molar-refractivity contribution is -0.140. The molecule has 1 fully saturated rings. The Morgan fingerprint density at radius 3 is 2.47 bits per heavy atom. The minimum absolute atomic E-state index is 0.279. The Balaban J connectivity index is 2.12. The smallest absolute Gasteiger partial charge is 0.228 e. The fraction of sp³-hybridized carbons (Fsp3) is 0.588. The van der Waals surface area contributed by atoms with Crippen LogP contribution in [0, 0.1) is 11.3 Å².